The number of aromatic nitrogens is 1. The number of nitrogens with zero attached hydrogens (tertiary/aromatic N) is 1. The third-order valence-electron chi connectivity index (χ3n) is 6.69. The minimum atomic E-state index is -4.32. The van der Waals surface area contributed by atoms with E-state index in [1.165, 1.54) is 6.08 Å². The molecule has 5 rings (SSSR count). The number of aromatic amines is 1. The lowest BCUT2D eigenvalue weighted by atomic mass is 9.91. The average Bonchev–Trinajstić information content (AvgIpc) is 3.26. The summed E-state index contributed by atoms with van der Waals surface area (Å²) in [5, 5.41) is 1.23. The van der Waals surface area contributed by atoms with Gasteiger partial charge in [0.2, 0.25) is 0 Å². The third-order valence-corrected chi connectivity index (χ3v) is 6.69. The minimum Gasteiger partial charge on any atom is -0.497 e. The van der Waals surface area contributed by atoms with Crippen molar-refractivity contribution < 1.29 is 32.2 Å². The molecule has 0 fully saturated rings. The lowest BCUT2D eigenvalue weighted by Gasteiger charge is -2.35. The zero-order chi connectivity index (χ0) is 25.4. The second-order valence-corrected chi connectivity index (χ2v) is 8.76. The highest BCUT2D eigenvalue weighted by atomic mass is 19.4. The van der Waals surface area contributed by atoms with E-state index >= 15 is 0 Å². The van der Waals surface area contributed by atoms with E-state index < -0.39 is 24.2 Å². The Hall–Kier alpha value is -3.88. The van der Waals surface area contributed by atoms with E-state index in [4.69, 9.17) is 14.2 Å². The Morgan fingerprint density at radius 1 is 0.972 bits per heavy atom. The standard InChI is InChI=1S/C27H25F3N2O4/c1-34-18-6-3-16(4-7-18)25-24-22(21-12-5-17(27(28,29)30)15-23(21)31-24)13-14-32(25)26(33)36-20-10-8-19(35-2)9-11-20/h3-4,6-12,15,17,25,31H,5,13-14H2,1-2H3. The Labute approximate surface area is 205 Å². The SMILES string of the molecule is COc1ccc(OC(=O)N2CCc3c([nH]c4c3=CCC(C(F)(F)F)C=4)C2c2ccc(OC)cc2)cc1. The summed E-state index contributed by atoms with van der Waals surface area (Å²) >= 11 is 0. The molecule has 2 heterocycles. The number of hydrogen-bond donors (Lipinski definition) is 1. The average molecular weight is 499 g/mol. The van der Waals surface area contributed by atoms with E-state index in [0.29, 0.717) is 41.3 Å². The zero-order valence-corrected chi connectivity index (χ0v) is 19.8. The number of nitrogens with one attached hydrogen (secondary N) is 1. The number of rotatable bonds is 4. The van der Waals surface area contributed by atoms with Crippen LogP contribution in [-0.4, -0.2) is 42.9 Å². The van der Waals surface area contributed by atoms with Gasteiger partial charge in [-0.1, -0.05) is 18.2 Å². The summed E-state index contributed by atoms with van der Waals surface area (Å²) in [5.41, 5.74) is 2.41. The van der Waals surface area contributed by atoms with Gasteiger partial charge in [-0.2, -0.15) is 13.2 Å². The highest BCUT2D eigenvalue weighted by molar-refractivity contribution is 5.73. The lowest BCUT2D eigenvalue weighted by molar-refractivity contribution is -0.155. The van der Waals surface area contributed by atoms with Crippen molar-refractivity contribution in [2.24, 2.45) is 5.92 Å². The molecule has 0 bridgehead atoms. The molecule has 1 N–H and O–H groups in total. The van der Waals surface area contributed by atoms with Crippen molar-refractivity contribution in [3.8, 4) is 17.2 Å². The second kappa shape index (κ2) is 9.29. The highest BCUT2D eigenvalue weighted by Gasteiger charge is 2.40. The van der Waals surface area contributed by atoms with Crippen LogP contribution in [0.4, 0.5) is 18.0 Å². The number of methoxy groups -OCH3 is 2. The van der Waals surface area contributed by atoms with E-state index in [0.717, 1.165) is 16.3 Å². The van der Waals surface area contributed by atoms with E-state index in [1.54, 1.807) is 61.6 Å². The van der Waals surface area contributed by atoms with Gasteiger partial charge in [-0.3, -0.25) is 4.90 Å². The summed E-state index contributed by atoms with van der Waals surface area (Å²) in [4.78, 5) is 18.1. The Kier molecular flexibility index (Phi) is 6.15. The Bertz CT molecular complexity index is 1380. The fourth-order valence-electron chi connectivity index (χ4n) is 4.85. The molecule has 0 radical (unpaired) electrons. The molecule has 2 unspecified atom stereocenters. The molecule has 0 saturated carbocycles. The molecule has 1 aliphatic heterocycles. The van der Waals surface area contributed by atoms with Crippen LogP contribution in [0.5, 0.6) is 17.2 Å². The van der Waals surface area contributed by atoms with Crippen LogP contribution in [0, 0.1) is 5.92 Å². The number of carbonyl (C=O) groups excluding carboxylic acids is 1. The van der Waals surface area contributed by atoms with Crippen molar-refractivity contribution in [2.45, 2.75) is 25.1 Å². The summed E-state index contributed by atoms with van der Waals surface area (Å²) in [5.74, 6) is 0.110. The lowest BCUT2D eigenvalue weighted by Crippen LogP contribution is -2.43. The maximum atomic E-state index is 13.4. The van der Waals surface area contributed by atoms with Crippen LogP contribution in [0.2, 0.25) is 0 Å². The summed E-state index contributed by atoms with van der Waals surface area (Å²) < 4.78 is 56.3. The first-order valence-corrected chi connectivity index (χ1v) is 11.5. The van der Waals surface area contributed by atoms with Crippen molar-refractivity contribution in [2.75, 3.05) is 20.8 Å². The first kappa shape index (κ1) is 23.8. The molecule has 0 saturated heterocycles. The molecule has 0 spiro atoms. The van der Waals surface area contributed by atoms with Crippen molar-refractivity contribution in [1.29, 1.82) is 0 Å². The summed E-state index contributed by atoms with van der Waals surface area (Å²) in [6.07, 6.45) is -1.58. The van der Waals surface area contributed by atoms with Gasteiger partial charge in [0.15, 0.2) is 0 Å². The van der Waals surface area contributed by atoms with Gasteiger partial charge in [0.25, 0.3) is 0 Å². The number of alkyl halides is 3. The summed E-state index contributed by atoms with van der Waals surface area (Å²) in [6.45, 7) is 0.347. The zero-order valence-electron chi connectivity index (χ0n) is 19.8. The molecule has 36 heavy (non-hydrogen) atoms. The molecule has 2 atom stereocenters. The molecule has 1 aliphatic carbocycles. The molecular weight excluding hydrogens is 473 g/mol. The van der Waals surface area contributed by atoms with Gasteiger partial charge in [-0.15, -0.1) is 0 Å². The van der Waals surface area contributed by atoms with Crippen LogP contribution in [0.3, 0.4) is 0 Å². The van der Waals surface area contributed by atoms with E-state index in [1.807, 2.05) is 12.1 Å². The topological polar surface area (TPSA) is 63.8 Å². The molecule has 9 heteroatoms. The van der Waals surface area contributed by atoms with Crippen molar-refractivity contribution in [1.82, 2.24) is 9.88 Å². The minimum absolute atomic E-state index is 0.1000. The van der Waals surface area contributed by atoms with E-state index in [9.17, 15) is 18.0 Å². The van der Waals surface area contributed by atoms with Crippen LogP contribution in [-0.2, 0) is 6.42 Å². The number of carbonyl (C=O) groups is 1. The monoisotopic (exact) mass is 498 g/mol. The van der Waals surface area contributed by atoms with Crippen molar-refractivity contribution in [3.63, 3.8) is 0 Å². The second-order valence-electron chi connectivity index (χ2n) is 8.76. The number of H-pyrrole nitrogens is 1. The van der Waals surface area contributed by atoms with Gasteiger partial charge in [0.05, 0.1) is 20.1 Å². The molecule has 1 amide bonds. The molecule has 188 valence electrons. The number of fused-ring (bicyclic) bond motifs is 3. The predicted octanol–water partition coefficient (Wildman–Crippen LogP) is 4.32. The first-order valence-electron chi connectivity index (χ1n) is 11.5. The number of hydrogen-bond acceptors (Lipinski definition) is 4. The smallest absolute Gasteiger partial charge is 0.416 e. The quantitative estimate of drug-likeness (QED) is 0.582. The van der Waals surface area contributed by atoms with Gasteiger partial charge in [-0.05, 0) is 71.7 Å². The third kappa shape index (κ3) is 4.41. The molecule has 2 aromatic carbocycles. The van der Waals surface area contributed by atoms with Crippen LogP contribution in [0.1, 0.15) is 29.3 Å². The Balaban J connectivity index is 1.55. The van der Waals surface area contributed by atoms with E-state index in [2.05, 4.69) is 4.98 Å². The van der Waals surface area contributed by atoms with Crippen LogP contribution in [0.25, 0.3) is 12.2 Å². The normalized spacial score (nSPS) is 18.9. The summed E-state index contributed by atoms with van der Waals surface area (Å²) in [6, 6.07) is 13.4. The molecule has 3 aromatic rings. The molecular formula is C27H25F3N2O4. The number of benzene rings is 2. The predicted molar refractivity (Wildman–Crippen MR) is 127 cm³/mol. The van der Waals surface area contributed by atoms with Gasteiger partial charge in [-0.25, -0.2) is 4.79 Å². The first-order chi connectivity index (χ1) is 17.3. The van der Waals surface area contributed by atoms with Gasteiger partial charge in [0, 0.05) is 17.6 Å². The van der Waals surface area contributed by atoms with E-state index in [-0.39, 0.29) is 6.42 Å². The van der Waals surface area contributed by atoms with Crippen LogP contribution >= 0.6 is 0 Å². The van der Waals surface area contributed by atoms with Gasteiger partial charge >= 0.3 is 12.3 Å². The molecule has 6 nitrogen and oxygen atoms in total. The number of halogens is 3. The highest BCUT2D eigenvalue weighted by Crippen LogP contribution is 2.36. The summed E-state index contributed by atoms with van der Waals surface area (Å²) in [7, 11) is 3.11. The Morgan fingerprint density at radius 2 is 1.58 bits per heavy atom. The number of ether oxygens (including phenoxy) is 3. The number of amides is 1. The van der Waals surface area contributed by atoms with Crippen LogP contribution in [0.15, 0.2) is 48.5 Å². The maximum absolute atomic E-state index is 13.4. The van der Waals surface area contributed by atoms with Crippen LogP contribution < -0.4 is 24.8 Å². The van der Waals surface area contributed by atoms with Gasteiger partial charge in [0.1, 0.15) is 23.3 Å². The fourth-order valence-corrected chi connectivity index (χ4v) is 4.85. The Morgan fingerprint density at radius 3 is 2.19 bits per heavy atom. The molecule has 2 aliphatic rings. The van der Waals surface area contributed by atoms with Crippen molar-refractivity contribution >= 4 is 18.2 Å². The fraction of sp³-hybridized carbons (Fsp3) is 0.296. The molecule has 1 aromatic heterocycles. The largest absolute Gasteiger partial charge is 0.497 e. The van der Waals surface area contributed by atoms with Crippen molar-refractivity contribution in [3.05, 3.63) is 75.9 Å². The van der Waals surface area contributed by atoms with Gasteiger partial charge < -0.3 is 19.2 Å². The maximum Gasteiger partial charge on any atom is 0.416 e.